The van der Waals surface area contributed by atoms with Crippen LogP contribution in [0.3, 0.4) is 0 Å². The van der Waals surface area contributed by atoms with Gasteiger partial charge in [0.05, 0.1) is 112 Å². The lowest BCUT2D eigenvalue weighted by Gasteiger charge is -2.37. The normalized spacial score (nSPS) is 16.4. The quantitative estimate of drug-likeness (QED) is 0.0204. The first-order valence-electron chi connectivity index (χ1n) is 42.5. The van der Waals surface area contributed by atoms with Crippen molar-refractivity contribution in [2.24, 2.45) is 5.92 Å². The van der Waals surface area contributed by atoms with Gasteiger partial charge in [-0.05, 0) is 162 Å². The first-order valence-corrected chi connectivity index (χ1v) is 42.5. The Labute approximate surface area is 733 Å². The zero-order valence-electron chi connectivity index (χ0n) is 73.9. The van der Waals surface area contributed by atoms with E-state index in [4.69, 9.17) is 53.3 Å². The lowest BCUT2D eigenvalue weighted by Crippen LogP contribution is -2.47. The molecule has 2 aliphatic carbocycles. The number of anilines is 12. The summed E-state index contributed by atoms with van der Waals surface area (Å²) in [5, 5.41) is 22.6. The highest BCUT2D eigenvalue weighted by molar-refractivity contribution is 6.06. The third-order valence-corrected chi connectivity index (χ3v) is 25.1. The molecule has 3 atom stereocenters. The molecule has 3 amide bonds. The van der Waals surface area contributed by atoms with Crippen molar-refractivity contribution >= 4 is 119 Å². The molecule has 2 saturated carbocycles. The van der Waals surface area contributed by atoms with E-state index in [1.807, 2.05) is 140 Å². The first kappa shape index (κ1) is 84.5. The Morgan fingerprint density at radius 2 is 0.929 bits per heavy atom. The number of carbonyl (C=O) groups is 3. The van der Waals surface area contributed by atoms with E-state index in [1.165, 1.54) is 18.2 Å². The Balaban J connectivity index is 0.625. The second kappa shape index (κ2) is 33.7. The standard InChI is InChI=1S/C96H109N21O9/c1-18-84(118)100-69-43-74(83(46-75(69)112(14)41-40-109(8)9)123-53-59-33-39-115-49-63(60-24-21-27-78(124-59)87(60)115)66-30-36-97-90(103-66)106-72-42-70(101-85(119)19-2)76(45-81(72)121-17)113(15)54-93(4,5)110(10)11)108-92-99-38-32-68(105-92)65-51-117-57-96(126-80-29-23-26-62(65)89(80)117)48-58(96)52-122-82-47-77(114(16)55-94(6,7)111(12)13)71(102-86(120)20-3)44-73(82)107-91-98-37-31-67(104-91)64-50-116-56-95(34-35-95)125-79-28-22-25-61(64)88(79)116/h18-32,36-38,42-47,49-51,58-59H,1-3,33-35,39-41,48,52-57H2,4-17H3,(H,100,118)(H,101,119)(H,102,120)(H,97,103,106)(H,98,104,107)(H,99,105,108). The van der Waals surface area contributed by atoms with Gasteiger partial charge in [0, 0.05) is 166 Å². The summed E-state index contributed by atoms with van der Waals surface area (Å²) >= 11 is 0. The van der Waals surface area contributed by atoms with Crippen LogP contribution in [0.1, 0.15) is 53.4 Å². The number of methoxy groups -OCH3 is 1. The molecule has 0 saturated heterocycles. The van der Waals surface area contributed by atoms with Gasteiger partial charge in [-0.3, -0.25) is 14.4 Å². The fourth-order valence-electron chi connectivity index (χ4n) is 17.0. The zero-order chi connectivity index (χ0) is 88.4. The molecule has 6 N–H and O–H groups in total. The molecule has 2 spiro atoms. The molecule has 6 aromatic carbocycles. The zero-order valence-corrected chi connectivity index (χ0v) is 73.9. The van der Waals surface area contributed by atoms with Crippen molar-refractivity contribution in [2.75, 3.05) is 157 Å². The SMILES string of the molecule is C=CC(=O)Nc1cc(Nc2nccc(-c3cn4c5c(cccc35)OC3(CC3COc3cc(N(C)CC(C)(C)N(C)C)c(NC(=O)C=C)cc3Nc3nccc(-c5cn6c7c(cccc57)OC5(CC5)C6)n3)C4)n2)c(OCC2CCn3cc(-c4ccnc(Nc5cc(NC(=O)C=C)c(N(C)CC(C)(C)N(C)C)cc5OC)n4)c4cccc(c43)O2)cc1N(C)CCN(C)C. The molecule has 652 valence electrons. The van der Waals surface area contributed by atoms with Crippen molar-refractivity contribution in [2.45, 2.75) is 101 Å². The van der Waals surface area contributed by atoms with Gasteiger partial charge in [-0.25, -0.2) is 29.9 Å². The number of aromatic nitrogens is 9. The summed E-state index contributed by atoms with van der Waals surface area (Å²) < 4.78 is 47.5. The van der Waals surface area contributed by atoms with Gasteiger partial charge >= 0.3 is 0 Å². The molecule has 126 heavy (non-hydrogen) atoms. The number of likely N-dealkylation sites (N-methyl/N-ethyl adjacent to an activating group) is 6. The van der Waals surface area contributed by atoms with Crippen molar-refractivity contribution in [3.8, 4) is 68.3 Å². The van der Waals surface area contributed by atoms with Crippen LogP contribution in [0, 0.1) is 5.92 Å². The highest BCUT2D eigenvalue weighted by atomic mass is 16.5. The van der Waals surface area contributed by atoms with Gasteiger partial charge in [-0.1, -0.05) is 56.1 Å². The molecule has 2 fully saturated rings. The number of hydrogen-bond acceptors (Lipinski definition) is 24. The molecular weight excluding hydrogens is 1590 g/mol. The minimum atomic E-state index is -0.610. The topological polar surface area (TPSA) is 290 Å². The molecule has 3 aliphatic heterocycles. The van der Waals surface area contributed by atoms with E-state index in [-0.39, 0.29) is 52.9 Å². The molecule has 0 radical (unpaired) electrons. The number of nitrogens with one attached hydrogen (secondary N) is 6. The summed E-state index contributed by atoms with van der Waals surface area (Å²) in [4.78, 5) is 82.1. The van der Waals surface area contributed by atoms with E-state index in [0.29, 0.717) is 138 Å². The minimum Gasteiger partial charge on any atom is -0.494 e. The number of hydrogen-bond donors (Lipinski definition) is 6. The fraction of sp³-hybridized carbons (Fsp3) is 0.344. The summed E-state index contributed by atoms with van der Waals surface area (Å²) in [5.74, 6) is 3.64. The molecule has 12 aromatic rings. The van der Waals surface area contributed by atoms with Crippen LogP contribution < -0.4 is 75.0 Å². The number of para-hydroxylation sites is 3. The number of nitrogens with zero attached hydrogens (tertiary/aromatic N) is 15. The maximum Gasteiger partial charge on any atom is 0.247 e. The summed E-state index contributed by atoms with van der Waals surface area (Å²) in [6, 6.07) is 35.4. The largest absolute Gasteiger partial charge is 0.494 e. The van der Waals surface area contributed by atoms with Gasteiger partial charge in [-0.2, -0.15) is 0 Å². The number of ether oxygens (including phenoxy) is 6. The van der Waals surface area contributed by atoms with Crippen LogP contribution in [-0.2, 0) is 34.0 Å². The average Bonchev–Trinajstić information content (AvgIpc) is 1.54. The van der Waals surface area contributed by atoms with E-state index < -0.39 is 11.7 Å². The number of rotatable bonds is 34. The molecule has 5 aliphatic rings. The maximum atomic E-state index is 13.4. The van der Waals surface area contributed by atoms with Gasteiger partial charge < -0.3 is 103 Å². The number of aryl methyl sites for hydroxylation is 1. The molecule has 9 heterocycles. The van der Waals surface area contributed by atoms with Gasteiger partial charge in [-0.15, -0.1) is 0 Å². The van der Waals surface area contributed by atoms with E-state index in [9.17, 15) is 14.4 Å². The maximum absolute atomic E-state index is 13.4. The van der Waals surface area contributed by atoms with Crippen LogP contribution in [0.25, 0.3) is 66.5 Å². The molecule has 17 rings (SSSR count). The summed E-state index contributed by atoms with van der Waals surface area (Å²) in [6.45, 7) is 24.9. The lowest BCUT2D eigenvalue weighted by atomic mass is 10.0. The Hall–Kier alpha value is -13.7. The summed E-state index contributed by atoms with van der Waals surface area (Å²) in [6.07, 6.45) is 18.3. The fourth-order valence-corrected chi connectivity index (χ4v) is 17.0. The highest BCUT2D eigenvalue weighted by Crippen LogP contribution is 2.55. The van der Waals surface area contributed by atoms with Crippen molar-refractivity contribution in [3.05, 3.63) is 184 Å². The lowest BCUT2D eigenvalue weighted by molar-refractivity contribution is -0.112. The van der Waals surface area contributed by atoms with Crippen LogP contribution in [0.5, 0.6) is 34.5 Å². The van der Waals surface area contributed by atoms with Crippen LogP contribution in [0.4, 0.5) is 69.0 Å². The van der Waals surface area contributed by atoms with Crippen LogP contribution in [0.15, 0.2) is 184 Å². The van der Waals surface area contributed by atoms with Crippen LogP contribution >= 0.6 is 0 Å². The number of amides is 3. The number of carbonyl (C=O) groups excluding carboxylic acids is 3. The summed E-state index contributed by atoms with van der Waals surface area (Å²) in [5.41, 5.74) is 11.9. The van der Waals surface area contributed by atoms with Crippen molar-refractivity contribution in [1.29, 1.82) is 0 Å². The van der Waals surface area contributed by atoms with E-state index in [2.05, 4.69) is 178 Å². The Bertz CT molecular complexity index is 6280. The third kappa shape index (κ3) is 17.0. The third-order valence-electron chi connectivity index (χ3n) is 25.1. The Kier molecular flexibility index (Phi) is 22.6. The second-order valence-electron chi connectivity index (χ2n) is 35.4. The van der Waals surface area contributed by atoms with Crippen molar-refractivity contribution in [1.82, 2.24) is 58.3 Å². The number of benzene rings is 6. The van der Waals surface area contributed by atoms with E-state index >= 15 is 0 Å². The molecule has 6 aromatic heterocycles. The van der Waals surface area contributed by atoms with Gasteiger partial charge in [0.2, 0.25) is 35.6 Å². The first-order chi connectivity index (χ1) is 60.5. The van der Waals surface area contributed by atoms with Gasteiger partial charge in [0.25, 0.3) is 0 Å². The molecular formula is C96H109N21O9. The molecule has 0 bridgehead atoms. The predicted octanol–water partition coefficient (Wildman–Crippen LogP) is 15.5. The van der Waals surface area contributed by atoms with Gasteiger partial charge in [0.15, 0.2) is 0 Å². The van der Waals surface area contributed by atoms with Crippen molar-refractivity contribution < 1.29 is 42.8 Å². The molecule has 30 nitrogen and oxygen atoms in total. The van der Waals surface area contributed by atoms with Gasteiger partial charge in [0.1, 0.15) is 58.4 Å². The van der Waals surface area contributed by atoms with Crippen molar-refractivity contribution in [3.63, 3.8) is 0 Å². The monoisotopic (exact) mass is 1700 g/mol. The Morgan fingerprint density at radius 3 is 1.38 bits per heavy atom. The highest BCUT2D eigenvalue weighted by Gasteiger charge is 2.59. The molecule has 30 heteroatoms. The second-order valence-corrected chi connectivity index (χ2v) is 35.4. The predicted molar refractivity (Wildman–Crippen MR) is 499 cm³/mol. The summed E-state index contributed by atoms with van der Waals surface area (Å²) in [7, 11) is 19.8. The van der Waals surface area contributed by atoms with E-state index in [0.717, 1.165) is 104 Å². The van der Waals surface area contributed by atoms with Crippen LogP contribution in [0.2, 0.25) is 0 Å². The van der Waals surface area contributed by atoms with E-state index in [1.54, 1.807) is 25.7 Å². The van der Waals surface area contributed by atoms with Crippen LogP contribution in [-0.4, -0.2) is 214 Å². The smallest absolute Gasteiger partial charge is 0.247 e. The minimum absolute atomic E-state index is 0.0404. The average molecular weight is 1700 g/mol. The Morgan fingerprint density at radius 1 is 0.508 bits per heavy atom. The molecule has 3 unspecified atom stereocenters.